The number of rotatable bonds is 6. The molecule has 132 valence electrons. The molecule has 25 heavy (non-hydrogen) atoms. The Labute approximate surface area is 153 Å². The number of carbonyl (C=O) groups is 2. The fraction of sp³-hybridized carbons (Fsp3) is 0.176. The van der Waals surface area contributed by atoms with Crippen molar-refractivity contribution in [1.82, 2.24) is 0 Å². The average Bonchev–Trinajstić information content (AvgIpc) is 2.58. The van der Waals surface area contributed by atoms with Gasteiger partial charge in [0.2, 0.25) is 0 Å². The van der Waals surface area contributed by atoms with E-state index in [4.69, 9.17) is 32.7 Å². The van der Waals surface area contributed by atoms with Crippen LogP contribution in [0, 0.1) is 5.82 Å². The lowest BCUT2D eigenvalue weighted by molar-refractivity contribution is -0.153. The molecule has 2 aromatic carbocycles. The Morgan fingerprint density at radius 3 is 2.44 bits per heavy atom. The third kappa shape index (κ3) is 5.92. The Morgan fingerprint density at radius 2 is 1.76 bits per heavy atom. The van der Waals surface area contributed by atoms with E-state index in [-0.39, 0.29) is 10.7 Å². The molecule has 0 aliphatic carbocycles. The monoisotopic (exact) mass is 385 g/mol. The van der Waals surface area contributed by atoms with Gasteiger partial charge in [-0.3, -0.25) is 4.79 Å². The zero-order valence-electron chi connectivity index (χ0n) is 13.1. The van der Waals surface area contributed by atoms with Crippen molar-refractivity contribution < 1.29 is 23.5 Å². The molecule has 1 amide bonds. The highest BCUT2D eigenvalue weighted by molar-refractivity contribution is 6.31. The maximum Gasteiger partial charge on any atom is 0.347 e. The van der Waals surface area contributed by atoms with Gasteiger partial charge in [-0.15, -0.1) is 0 Å². The van der Waals surface area contributed by atoms with Crippen LogP contribution in [0.5, 0.6) is 5.75 Å². The van der Waals surface area contributed by atoms with Crippen molar-refractivity contribution in [3.05, 3.63) is 58.3 Å². The number of esters is 1. The second-order valence-corrected chi connectivity index (χ2v) is 5.87. The van der Waals surface area contributed by atoms with Gasteiger partial charge < -0.3 is 14.8 Å². The van der Waals surface area contributed by atoms with Gasteiger partial charge in [-0.05, 0) is 49.4 Å². The molecule has 0 unspecified atom stereocenters. The van der Waals surface area contributed by atoms with E-state index >= 15 is 0 Å². The Kier molecular flexibility index (Phi) is 6.61. The van der Waals surface area contributed by atoms with Gasteiger partial charge in [0.25, 0.3) is 5.91 Å². The van der Waals surface area contributed by atoms with Crippen LogP contribution >= 0.6 is 23.2 Å². The molecular weight excluding hydrogens is 372 g/mol. The van der Waals surface area contributed by atoms with Crippen LogP contribution in [0.2, 0.25) is 10.0 Å². The lowest BCUT2D eigenvalue weighted by atomic mass is 10.3. The second kappa shape index (κ2) is 8.69. The summed E-state index contributed by atoms with van der Waals surface area (Å²) in [7, 11) is 0. The highest BCUT2D eigenvalue weighted by Crippen LogP contribution is 2.19. The van der Waals surface area contributed by atoms with Gasteiger partial charge in [0, 0.05) is 10.0 Å². The van der Waals surface area contributed by atoms with E-state index < -0.39 is 30.4 Å². The quantitative estimate of drug-likeness (QED) is 0.760. The number of amides is 1. The molecule has 0 aliphatic heterocycles. The first-order chi connectivity index (χ1) is 11.8. The van der Waals surface area contributed by atoms with E-state index in [0.717, 1.165) is 6.07 Å². The van der Waals surface area contributed by atoms with Gasteiger partial charge in [-0.1, -0.05) is 23.2 Å². The van der Waals surface area contributed by atoms with Gasteiger partial charge in [0.1, 0.15) is 11.6 Å². The highest BCUT2D eigenvalue weighted by Gasteiger charge is 2.18. The predicted molar refractivity (Wildman–Crippen MR) is 92.5 cm³/mol. The topological polar surface area (TPSA) is 64.6 Å². The number of hydrogen-bond acceptors (Lipinski definition) is 4. The smallest absolute Gasteiger partial charge is 0.347 e. The Bertz CT molecular complexity index is 768. The molecule has 5 nitrogen and oxygen atoms in total. The molecular formula is C17H14Cl2FNO4. The van der Waals surface area contributed by atoms with Crippen molar-refractivity contribution in [1.29, 1.82) is 0 Å². The number of benzene rings is 2. The van der Waals surface area contributed by atoms with Gasteiger partial charge >= 0.3 is 5.97 Å². The molecule has 8 heteroatoms. The van der Waals surface area contributed by atoms with Gasteiger partial charge in [-0.25, -0.2) is 9.18 Å². The van der Waals surface area contributed by atoms with Crippen molar-refractivity contribution in [2.24, 2.45) is 0 Å². The summed E-state index contributed by atoms with van der Waals surface area (Å²) in [6, 6.07) is 10.1. The standard InChI is InChI=1S/C17H14Cl2FNO4/c1-10(25-13-5-2-11(18)3-6-13)17(23)24-9-16(22)21-15-8-12(19)4-7-14(15)20/h2-8,10H,9H2,1H3,(H,21,22)/t10-/m0/s1. The van der Waals surface area contributed by atoms with E-state index in [0.29, 0.717) is 10.8 Å². The van der Waals surface area contributed by atoms with E-state index in [2.05, 4.69) is 5.32 Å². The molecule has 1 N–H and O–H groups in total. The van der Waals surface area contributed by atoms with Crippen LogP contribution in [-0.2, 0) is 14.3 Å². The first-order valence-corrected chi connectivity index (χ1v) is 7.94. The normalized spacial score (nSPS) is 11.5. The van der Waals surface area contributed by atoms with Crippen LogP contribution in [0.25, 0.3) is 0 Å². The zero-order chi connectivity index (χ0) is 18.4. The minimum absolute atomic E-state index is 0.0981. The lowest BCUT2D eigenvalue weighted by Gasteiger charge is -2.14. The SMILES string of the molecule is C[C@H](Oc1ccc(Cl)cc1)C(=O)OCC(=O)Nc1cc(Cl)ccc1F. The van der Waals surface area contributed by atoms with Crippen LogP contribution in [0.15, 0.2) is 42.5 Å². The fourth-order valence-corrected chi connectivity index (χ4v) is 2.10. The molecule has 0 aliphatic rings. The Hall–Kier alpha value is -2.31. The predicted octanol–water partition coefficient (Wildman–Crippen LogP) is 4.08. The van der Waals surface area contributed by atoms with Gasteiger partial charge in [0.15, 0.2) is 12.7 Å². The van der Waals surface area contributed by atoms with Crippen molar-refractivity contribution in [3.8, 4) is 5.75 Å². The summed E-state index contributed by atoms with van der Waals surface area (Å²) < 4.78 is 23.7. The summed E-state index contributed by atoms with van der Waals surface area (Å²) in [6.07, 6.45) is -0.933. The summed E-state index contributed by atoms with van der Waals surface area (Å²) in [5, 5.41) is 3.07. The van der Waals surface area contributed by atoms with E-state index in [1.165, 1.54) is 19.1 Å². The number of halogens is 3. The van der Waals surface area contributed by atoms with Gasteiger partial charge in [0.05, 0.1) is 5.69 Å². The Morgan fingerprint density at radius 1 is 1.12 bits per heavy atom. The minimum Gasteiger partial charge on any atom is -0.479 e. The molecule has 1 atom stereocenters. The molecule has 0 fully saturated rings. The van der Waals surface area contributed by atoms with Crippen LogP contribution < -0.4 is 10.1 Å². The molecule has 0 spiro atoms. The molecule has 0 saturated carbocycles. The molecule has 2 aromatic rings. The summed E-state index contributed by atoms with van der Waals surface area (Å²) in [5.74, 6) is -1.66. The zero-order valence-corrected chi connectivity index (χ0v) is 14.6. The van der Waals surface area contributed by atoms with Crippen molar-refractivity contribution >= 4 is 40.8 Å². The van der Waals surface area contributed by atoms with Crippen LogP contribution in [0.4, 0.5) is 10.1 Å². The number of ether oxygens (including phenoxy) is 2. The second-order valence-electron chi connectivity index (χ2n) is 4.99. The van der Waals surface area contributed by atoms with Crippen molar-refractivity contribution in [3.63, 3.8) is 0 Å². The first-order valence-electron chi connectivity index (χ1n) is 7.19. The summed E-state index contributed by atoms with van der Waals surface area (Å²) in [6.45, 7) is 0.893. The molecule has 0 aromatic heterocycles. The van der Waals surface area contributed by atoms with Crippen molar-refractivity contribution in [2.75, 3.05) is 11.9 Å². The van der Waals surface area contributed by atoms with Crippen LogP contribution in [0.1, 0.15) is 6.92 Å². The summed E-state index contributed by atoms with van der Waals surface area (Å²) in [5.41, 5.74) is -0.0981. The molecule has 0 saturated heterocycles. The Balaban J connectivity index is 1.83. The maximum absolute atomic E-state index is 13.5. The van der Waals surface area contributed by atoms with E-state index in [9.17, 15) is 14.0 Å². The van der Waals surface area contributed by atoms with Crippen LogP contribution in [0.3, 0.4) is 0 Å². The van der Waals surface area contributed by atoms with E-state index in [1.54, 1.807) is 24.3 Å². The molecule has 0 radical (unpaired) electrons. The molecule has 0 heterocycles. The molecule has 2 rings (SSSR count). The van der Waals surface area contributed by atoms with Crippen LogP contribution in [-0.4, -0.2) is 24.6 Å². The lowest BCUT2D eigenvalue weighted by Crippen LogP contribution is -2.29. The highest BCUT2D eigenvalue weighted by atomic mass is 35.5. The maximum atomic E-state index is 13.5. The largest absolute Gasteiger partial charge is 0.479 e. The number of anilines is 1. The number of nitrogens with one attached hydrogen (secondary N) is 1. The first kappa shape index (κ1) is 19.0. The van der Waals surface area contributed by atoms with E-state index in [1.807, 2.05) is 0 Å². The fourth-order valence-electron chi connectivity index (χ4n) is 1.80. The third-order valence-corrected chi connectivity index (χ3v) is 3.49. The average molecular weight is 386 g/mol. The van der Waals surface area contributed by atoms with Gasteiger partial charge in [-0.2, -0.15) is 0 Å². The van der Waals surface area contributed by atoms with Crippen molar-refractivity contribution in [2.45, 2.75) is 13.0 Å². The summed E-state index contributed by atoms with van der Waals surface area (Å²) in [4.78, 5) is 23.6. The third-order valence-electron chi connectivity index (χ3n) is 3.01. The minimum atomic E-state index is -0.933. The summed E-state index contributed by atoms with van der Waals surface area (Å²) >= 11 is 11.5. The molecule has 0 bridgehead atoms. The number of hydrogen-bond donors (Lipinski definition) is 1. The number of carbonyl (C=O) groups excluding carboxylic acids is 2.